The van der Waals surface area contributed by atoms with E-state index in [1.165, 1.54) is 5.56 Å². The molecular formula is C13H15N3O2. The van der Waals surface area contributed by atoms with Gasteiger partial charge in [0.1, 0.15) is 0 Å². The summed E-state index contributed by atoms with van der Waals surface area (Å²) in [6.45, 7) is 4.05. The Bertz CT molecular complexity index is 494. The van der Waals surface area contributed by atoms with Gasteiger partial charge in [0.2, 0.25) is 0 Å². The summed E-state index contributed by atoms with van der Waals surface area (Å²) in [5.74, 6) is 0. The normalized spacial score (nSPS) is 9.22. The van der Waals surface area contributed by atoms with Crippen molar-refractivity contribution in [1.29, 1.82) is 0 Å². The average Bonchev–Trinajstić information content (AvgIpc) is 2.28. The molecule has 2 aromatic heterocycles. The maximum absolute atomic E-state index is 8.78. The molecule has 0 unspecified atom stereocenters. The summed E-state index contributed by atoms with van der Waals surface area (Å²) < 4.78 is 0. The van der Waals surface area contributed by atoms with Gasteiger partial charge in [-0.3, -0.25) is 9.97 Å². The van der Waals surface area contributed by atoms with E-state index in [0.717, 1.165) is 17.0 Å². The highest BCUT2D eigenvalue weighted by Crippen LogP contribution is 2.17. The van der Waals surface area contributed by atoms with Crippen LogP contribution in [0.5, 0.6) is 0 Å². The number of aromatic nitrogens is 2. The molecule has 0 spiro atoms. The Hall–Kier alpha value is -2.43. The van der Waals surface area contributed by atoms with Gasteiger partial charge in [-0.15, -0.1) is 0 Å². The Balaban J connectivity index is 0.000000357. The zero-order valence-electron chi connectivity index (χ0n) is 10.3. The van der Waals surface area contributed by atoms with Crippen molar-refractivity contribution in [2.45, 2.75) is 13.8 Å². The van der Waals surface area contributed by atoms with Crippen LogP contribution in [-0.2, 0) is 0 Å². The number of rotatable bonds is 1. The highest BCUT2D eigenvalue weighted by Gasteiger charge is 1.99. The molecule has 94 valence electrons. The van der Waals surface area contributed by atoms with Crippen LogP contribution in [0.2, 0.25) is 0 Å². The molecule has 2 aromatic rings. The molecule has 3 N–H and O–H groups in total. The Morgan fingerprint density at radius 1 is 1.17 bits per heavy atom. The Labute approximate surface area is 105 Å². The van der Waals surface area contributed by atoms with E-state index in [9.17, 15) is 0 Å². The maximum Gasteiger partial charge on any atom is 0.402 e. The fourth-order valence-corrected chi connectivity index (χ4v) is 1.40. The van der Waals surface area contributed by atoms with Gasteiger partial charge < -0.3 is 10.8 Å². The van der Waals surface area contributed by atoms with Crippen molar-refractivity contribution >= 4 is 6.09 Å². The molecular weight excluding hydrogens is 230 g/mol. The second kappa shape index (κ2) is 6.34. The van der Waals surface area contributed by atoms with Gasteiger partial charge in [-0.05, 0) is 43.7 Å². The van der Waals surface area contributed by atoms with Crippen LogP contribution >= 0.6 is 0 Å². The van der Waals surface area contributed by atoms with Crippen LogP contribution < -0.4 is 5.73 Å². The second-order valence-electron chi connectivity index (χ2n) is 3.74. The molecule has 2 rings (SSSR count). The third-order valence-electron chi connectivity index (χ3n) is 2.11. The van der Waals surface area contributed by atoms with Gasteiger partial charge in [-0.2, -0.15) is 0 Å². The summed E-state index contributed by atoms with van der Waals surface area (Å²) in [7, 11) is 0. The van der Waals surface area contributed by atoms with Crippen molar-refractivity contribution in [2.24, 2.45) is 5.73 Å². The van der Waals surface area contributed by atoms with Gasteiger partial charge in [0.15, 0.2) is 0 Å². The number of pyridine rings is 2. The number of aryl methyl sites for hydroxylation is 2. The molecule has 0 aliphatic rings. The van der Waals surface area contributed by atoms with Crippen molar-refractivity contribution in [1.82, 2.24) is 9.97 Å². The summed E-state index contributed by atoms with van der Waals surface area (Å²) in [5, 5.41) is 7.19. The minimum Gasteiger partial charge on any atom is -0.465 e. The molecule has 0 saturated heterocycles. The number of nitrogens with zero attached hydrogens (tertiary/aromatic N) is 2. The fraction of sp³-hybridized carbons (Fsp3) is 0.154. The van der Waals surface area contributed by atoms with Crippen LogP contribution in [-0.4, -0.2) is 21.2 Å². The standard InChI is InChI=1S/C12H12N2.CH3NO2/c1-9-3-5-14-12(7-9)11-4-6-13-10(2)8-11;2-1(3)4/h3-8H,1-2H3;2H2,(H,3,4). The predicted octanol–water partition coefficient (Wildman–Crippen LogP) is 2.38. The number of amides is 1. The molecule has 0 aromatic carbocycles. The monoisotopic (exact) mass is 245 g/mol. The lowest BCUT2D eigenvalue weighted by atomic mass is 10.1. The second-order valence-corrected chi connectivity index (χ2v) is 3.74. The molecule has 2 heterocycles. The number of hydrogen-bond donors (Lipinski definition) is 2. The molecule has 0 bridgehead atoms. The Morgan fingerprint density at radius 3 is 2.33 bits per heavy atom. The number of carboxylic acid groups (broad SMARTS) is 1. The Morgan fingerprint density at radius 2 is 1.78 bits per heavy atom. The SMILES string of the molecule is Cc1ccnc(-c2ccnc(C)c2)c1.NC(=O)O. The summed E-state index contributed by atoms with van der Waals surface area (Å²) in [5.41, 5.74) is 8.41. The molecule has 1 amide bonds. The molecule has 0 aliphatic carbocycles. The topological polar surface area (TPSA) is 89.1 Å². The highest BCUT2D eigenvalue weighted by molar-refractivity contribution is 5.61. The van der Waals surface area contributed by atoms with E-state index >= 15 is 0 Å². The lowest BCUT2D eigenvalue weighted by Crippen LogP contribution is -2.03. The van der Waals surface area contributed by atoms with Crippen molar-refractivity contribution in [3.8, 4) is 11.3 Å². The molecule has 0 atom stereocenters. The zero-order chi connectivity index (χ0) is 13.5. The first-order valence-electron chi connectivity index (χ1n) is 5.33. The van der Waals surface area contributed by atoms with Crippen LogP contribution in [0.25, 0.3) is 11.3 Å². The van der Waals surface area contributed by atoms with E-state index in [1.54, 1.807) is 0 Å². The lowest BCUT2D eigenvalue weighted by molar-refractivity contribution is 0.205. The fourth-order valence-electron chi connectivity index (χ4n) is 1.40. The summed E-state index contributed by atoms with van der Waals surface area (Å²) in [6.07, 6.45) is 2.31. The summed E-state index contributed by atoms with van der Waals surface area (Å²) in [4.78, 5) is 17.3. The Kier molecular flexibility index (Phi) is 4.80. The van der Waals surface area contributed by atoms with Crippen LogP contribution in [0.3, 0.4) is 0 Å². The maximum atomic E-state index is 8.78. The molecule has 0 fully saturated rings. The van der Waals surface area contributed by atoms with E-state index in [4.69, 9.17) is 9.90 Å². The van der Waals surface area contributed by atoms with Crippen molar-refractivity contribution < 1.29 is 9.90 Å². The van der Waals surface area contributed by atoms with E-state index in [2.05, 4.69) is 28.7 Å². The van der Waals surface area contributed by atoms with Crippen molar-refractivity contribution in [2.75, 3.05) is 0 Å². The third kappa shape index (κ3) is 4.61. The van der Waals surface area contributed by atoms with Crippen molar-refractivity contribution in [3.05, 3.63) is 47.9 Å². The first-order chi connectivity index (χ1) is 8.49. The minimum absolute atomic E-state index is 1.01. The smallest absolute Gasteiger partial charge is 0.402 e. The first kappa shape index (κ1) is 13.6. The minimum atomic E-state index is -1.33. The van der Waals surface area contributed by atoms with Gasteiger partial charge in [-0.1, -0.05) is 0 Å². The predicted molar refractivity (Wildman–Crippen MR) is 69.2 cm³/mol. The van der Waals surface area contributed by atoms with E-state index in [-0.39, 0.29) is 0 Å². The third-order valence-corrected chi connectivity index (χ3v) is 2.11. The van der Waals surface area contributed by atoms with Crippen molar-refractivity contribution in [3.63, 3.8) is 0 Å². The molecule has 0 aliphatic heterocycles. The molecule has 0 saturated carbocycles. The lowest BCUT2D eigenvalue weighted by Gasteiger charge is -2.01. The van der Waals surface area contributed by atoms with Gasteiger partial charge in [0.25, 0.3) is 0 Å². The first-order valence-corrected chi connectivity index (χ1v) is 5.33. The van der Waals surface area contributed by atoms with E-state index in [1.807, 2.05) is 37.5 Å². The van der Waals surface area contributed by atoms with E-state index < -0.39 is 6.09 Å². The number of primary amides is 1. The molecule has 5 nitrogen and oxygen atoms in total. The quantitative estimate of drug-likeness (QED) is 0.807. The van der Waals surface area contributed by atoms with Gasteiger partial charge >= 0.3 is 6.09 Å². The van der Waals surface area contributed by atoms with Crippen LogP contribution in [0.4, 0.5) is 4.79 Å². The zero-order valence-corrected chi connectivity index (χ0v) is 10.3. The average molecular weight is 245 g/mol. The molecule has 18 heavy (non-hydrogen) atoms. The van der Waals surface area contributed by atoms with Gasteiger partial charge in [-0.25, -0.2) is 4.79 Å². The number of carbonyl (C=O) groups is 1. The summed E-state index contributed by atoms with van der Waals surface area (Å²) >= 11 is 0. The van der Waals surface area contributed by atoms with Gasteiger partial charge in [0.05, 0.1) is 5.69 Å². The van der Waals surface area contributed by atoms with E-state index in [0.29, 0.717) is 0 Å². The van der Waals surface area contributed by atoms with Crippen LogP contribution in [0.1, 0.15) is 11.3 Å². The summed E-state index contributed by atoms with van der Waals surface area (Å²) in [6, 6.07) is 8.10. The number of hydrogen-bond acceptors (Lipinski definition) is 3. The van der Waals surface area contributed by atoms with Crippen LogP contribution in [0.15, 0.2) is 36.7 Å². The molecule has 0 radical (unpaired) electrons. The molecule has 5 heteroatoms. The highest BCUT2D eigenvalue weighted by atomic mass is 16.4. The van der Waals surface area contributed by atoms with Crippen LogP contribution in [0, 0.1) is 13.8 Å². The largest absolute Gasteiger partial charge is 0.465 e. The van der Waals surface area contributed by atoms with Gasteiger partial charge in [0, 0.05) is 23.7 Å². The number of nitrogens with two attached hydrogens (primary N) is 1.